The average Bonchev–Trinajstić information content (AvgIpc) is 2.34. The monoisotopic (exact) mass is 168 g/mol. The minimum absolute atomic E-state index is 0.685. The van der Waals surface area contributed by atoms with Crippen molar-refractivity contribution in [2.75, 3.05) is 0 Å². The molecule has 0 aliphatic heterocycles. The summed E-state index contributed by atoms with van der Waals surface area (Å²) >= 11 is 0. The lowest BCUT2D eigenvalue weighted by Crippen LogP contribution is -2.02. The number of carboxylic acids is 1. The first-order chi connectivity index (χ1) is 5.59. The van der Waals surface area contributed by atoms with Crippen LogP contribution in [-0.2, 0) is 4.79 Å². The van der Waals surface area contributed by atoms with Gasteiger partial charge in [-0.1, -0.05) is 19.4 Å². The summed E-state index contributed by atoms with van der Waals surface area (Å²) in [5, 5.41) is 8.52. The molecule has 68 valence electrons. The average molecular weight is 168 g/mol. The predicted molar refractivity (Wildman–Crippen MR) is 47.9 cm³/mol. The number of rotatable bonds is 2. The van der Waals surface area contributed by atoms with Gasteiger partial charge in [0.2, 0.25) is 0 Å². The number of aliphatic carboxylic acids is 1. The summed E-state index contributed by atoms with van der Waals surface area (Å²) in [5.74, 6) is 0.592. The van der Waals surface area contributed by atoms with Crippen LogP contribution in [0.25, 0.3) is 0 Å². The lowest BCUT2D eigenvalue weighted by molar-refractivity contribution is -0.131. The summed E-state index contributed by atoms with van der Waals surface area (Å²) < 4.78 is 0. The van der Waals surface area contributed by atoms with E-state index in [0.29, 0.717) is 11.8 Å². The number of allylic oxidation sites excluding steroid dienone is 1. The van der Waals surface area contributed by atoms with E-state index >= 15 is 0 Å². The fraction of sp³-hybridized carbons (Fsp3) is 0.700. The van der Waals surface area contributed by atoms with Crippen LogP contribution in [0.5, 0.6) is 0 Å². The molecule has 1 saturated carbocycles. The van der Waals surface area contributed by atoms with E-state index in [0.717, 1.165) is 24.8 Å². The molecule has 0 aromatic heterocycles. The highest BCUT2D eigenvalue weighted by atomic mass is 16.4. The fourth-order valence-electron chi connectivity index (χ4n) is 1.79. The van der Waals surface area contributed by atoms with E-state index in [9.17, 15) is 4.79 Å². The molecular weight excluding hydrogens is 152 g/mol. The summed E-state index contributed by atoms with van der Waals surface area (Å²) in [5.41, 5.74) is 1.11. The van der Waals surface area contributed by atoms with E-state index in [2.05, 4.69) is 13.8 Å². The van der Waals surface area contributed by atoms with E-state index < -0.39 is 5.97 Å². The Morgan fingerprint density at radius 3 is 2.75 bits per heavy atom. The van der Waals surface area contributed by atoms with Crippen molar-refractivity contribution in [3.63, 3.8) is 0 Å². The molecule has 1 aliphatic rings. The van der Waals surface area contributed by atoms with Crippen molar-refractivity contribution >= 4 is 5.97 Å². The Labute approximate surface area is 73.3 Å². The lowest BCUT2D eigenvalue weighted by atomic mass is 9.94. The van der Waals surface area contributed by atoms with Crippen LogP contribution in [0.1, 0.15) is 33.1 Å². The maximum absolute atomic E-state index is 10.4. The van der Waals surface area contributed by atoms with Crippen LogP contribution in [-0.4, -0.2) is 11.1 Å². The molecule has 1 aliphatic carbocycles. The zero-order chi connectivity index (χ0) is 9.14. The van der Waals surface area contributed by atoms with Crippen LogP contribution >= 0.6 is 0 Å². The molecule has 1 fully saturated rings. The second-order valence-corrected chi connectivity index (χ2v) is 3.89. The zero-order valence-corrected chi connectivity index (χ0v) is 7.71. The Morgan fingerprint density at radius 1 is 1.67 bits per heavy atom. The van der Waals surface area contributed by atoms with Gasteiger partial charge in [-0.25, -0.2) is 4.79 Å². The van der Waals surface area contributed by atoms with Gasteiger partial charge in [0.15, 0.2) is 0 Å². The van der Waals surface area contributed by atoms with Crippen LogP contribution in [0, 0.1) is 11.8 Å². The van der Waals surface area contributed by atoms with Crippen molar-refractivity contribution in [1.82, 2.24) is 0 Å². The molecule has 0 radical (unpaired) electrons. The Hall–Kier alpha value is -0.790. The third kappa shape index (κ3) is 2.36. The van der Waals surface area contributed by atoms with Crippen LogP contribution in [0.4, 0.5) is 0 Å². The standard InChI is InChI=1S/C10H16O2/c1-7(2)9-4-3-8(5-9)6-10(11)12/h6-7,9H,3-5H2,1-2H3,(H,11,12)/b8-6+. The van der Waals surface area contributed by atoms with Crippen LogP contribution in [0.2, 0.25) is 0 Å². The van der Waals surface area contributed by atoms with Crippen molar-refractivity contribution in [3.05, 3.63) is 11.6 Å². The molecular formula is C10H16O2. The molecule has 1 atom stereocenters. The van der Waals surface area contributed by atoms with Gasteiger partial charge in [-0.15, -0.1) is 0 Å². The Morgan fingerprint density at radius 2 is 2.33 bits per heavy atom. The van der Waals surface area contributed by atoms with Gasteiger partial charge < -0.3 is 5.11 Å². The van der Waals surface area contributed by atoms with E-state index in [1.807, 2.05) is 0 Å². The van der Waals surface area contributed by atoms with Gasteiger partial charge in [0.25, 0.3) is 0 Å². The van der Waals surface area contributed by atoms with Crippen LogP contribution in [0.3, 0.4) is 0 Å². The third-order valence-corrected chi connectivity index (χ3v) is 2.63. The Balaban J connectivity index is 2.51. The first kappa shape index (κ1) is 9.30. The van der Waals surface area contributed by atoms with E-state index in [-0.39, 0.29) is 0 Å². The summed E-state index contributed by atoms with van der Waals surface area (Å²) in [6, 6.07) is 0. The second kappa shape index (κ2) is 3.74. The van der Waals surface area contributed by atoms with Crippen molar-refractivity contribution in [2.45, 2.75) is 33.1 Å². The van der Waals surface area contributed by atoms with Gasteiger partial charge >= 0.3 is 5.97 Å². The quantitative estimate of drug-likeness (QED) is 0.643. The summed E-state index contributed by atoms with van der Waals surface area (Å²) in [7, 11) is 0. The van der Waals surface area contributed by atoms with E-state index in [4.69, 9.17) is 5.11 Å². The molecule has 1 rings (SSSR count). The molecule has 2 nitrogen and oxygen atoms in total. The molecule has 0 amide bonds. The van der Waals surface area contributed by atoms with Crippen LogP contribution < -0.4 is 0 Å². The number of hydrogen-bond donors (Lipinski definition) is 1. The van der Waals surface area contributed by atoms with E-state index in [1.165, 1.54) is 6.08 Å². The molecule has 0 heterocycles. The first-order valence-electron chi connectivity index (χ1n) is 4.52. The first-order valence-corrected chi connectivity index (χ1v) is 4.52. The van der Waals surface area contributed by atoms with Crippen LogP contribution in [0.15, 0.2) is 11.6 Å². The largest absolute Gasteiger partial charge is 0.478 e. The summed E-state index contributed by atoms with van der Waals surface area (Å²) in [6.07, 6.45) is 4.51. The summed E-state index contributed by atoms with van der Waals surface area (Å²) in [4.78, 5) is 10.4. The van der Waals surface area contributed by atoms with Gasteiger partial charge in [0.1, 0.15) is 0 Å². The molecule has 1 unspecified atom stereocenters. The maximum atomic E-state index is 10.4. The second-order valence-electron chi connectivity index (χ2n) is 3.89. The number of carbonyl (C=O) groups is 1. The molecule has 0 spiro atoms. The normalized spacial score (nSPS) is 26.9. The highest BCUT2D eigenvalue weighted by Gasteiger charge is 2.22. The SMILES string of the molecule is CC(C)C1CC/C(=C\C(=O)O)C1. The van der Waals surface area contributed by atoms with Crippen molar-refractivity contribution < 1.29 is 9.90 Å². The minimum atomic E-state index is -0.797. The molecule has 2 heteroatoms. The number of carboxylic acid groups (broad SMARTS) is 1. The number of hydrogen-bond acceptors (Lipinski definition) is 1. The molecule has 1 N–H and O–H groups in total. The lowest BCUT2D eigenvalue weighted by Gasteiger charge is -2.11. The van der Waals surface area contributed by atoms with Gasteiger partial charge in [-0.3, -0.25) is 0 Å². The topological polar surface area (TPSA) is 37.3 Å². The smallest absolute Gasteiger partial charge is 0.328 e. The summed E-state index contributed by atoms with van der Waals surface area (Å²) in [6.45, 7) is 4.41. The van der Waals surface area contributed by atoms with Gasteiger partial charge in [0.05, 0.1) is 0 Å². The highest BCUT2D eigenvalue weighted by Crippen LogP contribution is 2.34. The third-order valence-electron chi connectivity index (χ3n) is 2.63. The predicted octanol–water partition coefficient (Wildman–Crippen LogP) is 2.45. The van der Waals surface area contributed by atoms with Gasteiger partial charge in [0, 0.05) is 6.08 Å². The molecule has 0 aromatic rings. The van der Waals surface area contributed by atoms with Crippen molar-refractivity contribution in [3.8, 4) is 0 Å². The molecule has 0 saturated heterocycles. The molecule has 12 heavy (non-hydrogen) atoms. The van der Waals surface area contributed by atoms with Gasteiger partial charge in [-0.05, 0) is 31.1 Å². The van der Waals surface area contributed by atoms with E-state index in [1.54, 1.807) is 0 Å². The Bertz CT molecular complexity index is 204. The molecule has 0 bridgehead atoms. The van der Waals surface area contributed by atoms with Gasteiger partial charge in [-0.2, -0.15) is 0 Å². The van der Waals surface area contributed by atoms with Crippen molar-refractivity contribution in [2.24, 2.45) is 11.8 Å². The minimum Gasteiger partial charge on any atom is -0.478 e. The maximum Gasteiger partial charge on any atom is 0.328 e. The molecule has 0 aromatic carbocycles. The van der Waals surface area contributed by atoms with Crippen molar-refractivity contribution in [1.29, 1.82) is 0 Å². The zero-order valence-electron chi connectivity index (χ0n) is 7.71. The highest BCUT2D eigenvalue weighted by molar-refractivity contribution is 5.80. The fourth-order valence-corrected chi connectivity index (χ4v) is 1.79. The Kier molecular flexibility index (Phi) is 2.90.